The standard InChI is InChI=1S/C9H16N2O4/c1-2-6(10)8(13)11-4-5(12)3-7(11)9(14)15/h5-7,12H,2-4,10H2,1H3,(H,14,15)/t5?,6?,7-/m0/s1. The van der Waals surface area contributed by atoms with Gasteiger partial charge in [-0.05, 0) is 6.42 Å². The van der Waals surface area contributed by atoms with Crippen LogP contribution in [0.5, 0.6) is 0 Å². The minimum Gasteiger partial charge on any atom is -0.480 e. The molecule has 1 rings (SSSR count). The minimum atomic E-state index is -1.09. The second-order valence-electron chi connectivity index (χ2n) is 3.75. The highest BCUT2D eigenvalue weighted by Crippen LogP contribution is 2.19. The number of carboxylic acid groups (broad SMARTS) is 1. The Labute approximate surface area is 87.7 Å². The average Bonchev–Trinajstić information content (AvgIpc) is 2.58. The third kappa shape index (κ3) is 2.45. The average molecular weight is 216 g/mol. The zero-order chi connectivity index (χ0) is 11.6. The first kappa shape index (κ1) is 11.9. The quantitative estimate of drug-likeness (QED) is 0.548. The molecule has 0 aromatic carbocycles. The smallest absolute Gasteiger partial charge is 0.326 e. The van der Waals surface area contributed by atoms with Crippen LogP contribution >= 0.6 is 0 Å². The summed E-state index contributed by atoms with van der Waals surface area (Å²) in [7, 11) is 0. The van der Waals surface area contributed by atoms with Crippen molar-refractivity contribution in [2.24, 2.45) is 5.73 Å². The Hall–Kier alpha value is -1.14. The predicted octanol–water partition coefficient (Wildman–Crippen LogP) is -1.23. The van der Waals surface area contributed by atoms with Gasteiger partial charge in [0.1, 0.15) is 6.04 Å². The highest BCUT2D eigenvalue weighted by Gasteiger charge is 2.39. The number of aliphatic hydroxyl groups excluding tert-OH is 1. The molecule has 1 amide bonds. The lowest BCUT2D eigenvalue weighted by Gasteiger charge is -2.23. The fourth-order valence-corrected chi connectivity index (χ4v) is 1.68. The maximum atomic E-state index is 11.7. The van der Waals surface area contributed by atoms with Gasteiger partial charge in [-0.2, -0.15) is 0 Å². The molecule has 1 saturated heterocycles. The number of carbonyl (C=O) groups excluding carboxylic acids is 1. The molecule has 0 saturated carbocycles. The van der Waals surface area contributed by atoms with Crippen molar-refractivity contribution in [1.82, 2.24) is 4.90 Å². The van der Waals surface area contributed by atoms with Crippen molar-refractivity contribution in [3.05, 3.63) is 0 Å². The van der Waals surface area contributed by atoms with Gasteiger partial charge in [-0.3, -0.25) is 4.79 Å². The Morgan fingerprint density at radius 1 is 1.60 bits per heavy atom. The zero-order valence-corrected chi connectivity index (χ0v) is 8.59. The summed E-state index contributed by atoms with van der Waals surface area (Å²) in [4.78, 5) is 23.6. The summed E-state index contributed by atoms with van der Waals surface area (Å²) in [5, 5.41) is 18.2. The van der Waals surface area contributed by atoms with Crippen molar-refractivity contribution >= 4 is 11.9 Å². The highest BCUT2D eigenvalue weighted by molar-refractivity contribution is 5.87. The summed E-state index contributed by atoms with van der Waals surface area (Å²) in [6.07, 6.45) is -0.228. The van der Waals surface area contributed by atoms with Crippen LogP contribution in [-0.4, -0.2) is 51.7 Å². The third-order valence-electron chi connectivity index (χ3n) is 2.60. The van der Waals surface area contributed by atoms with E-state index < -0.39 is 30.1 Å². The minimum absolute atomic E-state index is 0.0590. The van der Waals surface area contributed by atoms with Crippen LogP contribution in [-0.2, 0) is 9.59 Å². The fraction of sp³-hybridized carbons (Fsp3) is 0.778. The maximum Gasteiger partial charge on any atom is 0.326 e. The summed E-state index contributed by atoms with van der Waals surface area (Å²) in [6.45, 7) is 1.81. The number of hydrogen-bond donors (Lipinski definition) is 3. The van der Waals surface area contributed by atoms with Gasteiger partial charge in [0.25, 0.3) is 0 Å². The molecule has 2 unspecified atom stereocenters. The van der Waals surface area contributed by atoms with E-state index in [0.29, 0.717) is 6.42 Å². The number of β-amino-alcohol motifs (C(OH)–C–C–N with tert-alkyl or cyclic N) is 1. The molecule has 1 fully saturated rings. The number of carbonyl (C=O) groups is 2. The van der Waals surface area contributed by atoms with Crippen LogP contribution in [0.4, 0.5) is 0 Å². The molecule has 0 bridgehead atoms. The van der Waals surface area contributed by atoms with Gasteiger partial charge in [0.2, 0.25) is 5.91 Å². The van der Waals surface area contributed by atoms with Crippen LogP contribution < -0.4 is 5.73 Å². The lowest BCUT2D eigenvalue weighted by molar-refractivity contribution is -0.148. The Morgan fingerprint density at radius 2 is 2.20 bits per heavy atom. The summed E-state index contributed by atoms with van der Waals surface area (Å²) in [5.74, 6) is -1.50. The monoisotopic (exact) mass is 216 g/mol. The van der Waals surface area contributed by atoms with Gasteiger partial charge in [-0.25, -0.2) is 4.79 Å². The molecule has 86 valence electrons. The van der Waals surface area contributed by atoms with E-state index in [-0.39, 0.29) is 13.0 Å². The molecule has 6 heteroatoms. The van der Waals surface area contributed by atoms with E-state index in [1.165, 1.54) is 0 Å². The maximum absolute atomic E-state index is 11.7. The molecule has 1 heterocycles. The molecule has 3 atom stereocenters. The molecule has 0 radical (unpaired) electrons. The molecule has 0 aromatic heterocycles. The van der Waals surface area contributed by atoms with Crippen molar-refractivity contribution in [2.75, 3.05) is 6.54 Å². The second kappa shape index (κ2) is 4.59. The largest absolute Gasteiger partial charge is 0.480 e. The van der Waals surface area contributed by atoms with Gasteiger partial charge < -0.3 is 20.8 Å². The number of amides is 1. The lowest BCUT2D eigenvalue weighted by atomic mass is 10.1. The first-order valence-corrected chi connectivity index (χ1v) is 4.94. The number of rotatable bonds is 3. The van der Waals surface area contributed by atoms with Crippen molar-refractivity contribution in [1.29, 1.82) is 0 Å². The summed E-state index contributed by atoms with van der Waals surface area (Å²) >= 11 is 0. The van der Waals surface area contributed by atoms with Crippen molar-refractivity contribution in [3.63, 3.8) is 0 Å². The van der Waals surface area contributed by atoms with Crippen LogP contribution in [0, 0.1) is 0 Å². The van der Waals surface area contributed by atoms with Gasteiger partial charge in [0, 0.05) is 13.0 Å². The predicted molar refractivity (Wildman–Crippen MR) is 52.0 cm³/mol. The summed E-state index contributed by atoms with van der Waals surface area (Å²) in [6, 6.07) is -1.62. The molecular weight excluding hydrogens is 200 g/mol. The van der Waals surface area contributed by atoms with Crippen LogP contribution in [0.1, 0.15) is 19.8 Å². The number of carboxylic acids is 1. The van der Waals surface area contributed by atoms with E-state index in [4.69, 9.17) is 10.8 Å². The van der Waals surface area contributed by atoms with E-state index in [2.05, 4.69) is 0 Å². The van der Waals surface area contributed by atoms with Crippen LogP contribution in [0.25, 0.3) is 0 Å². The van der Waals surface area contributed by atoms with Crippen molar-refractivity contribution in [2.45, 2.75) is 38.0 Å². The number of likely N-dealkylation sites (tertiary alicyclic amines) is 1. The first-order chi connectivity index (χ1) is 6.97. The number of nitrogens with two attached hydrogens (primary N) is 1. The number of hydrogen-bond acceptors (Lipinski definition) is 4. The van der Waals surface area contributed by atoms with Crippen molar-refractivity contribution in [3.8, 4) is 0 Å². The topological polar surface area (TPSA) is 104 Å². The van der Waals surface area contributed by atoms with Crippen LogP contribution in [0.2, 0.25) is 0 Å². The third-order valence-corrected chi connectivity index (χ3v) is 2.60. The first-order valence-electron chi connectivity index (χ1n) is 4.94. The number of nitrogens with zero attached hydrogens (tertiary/aromatic N) is 1. The molecule has 0 aromatic rings. The normalized spacial score (nSPS) is 27.8. The molecule has 4 N–H and O–H groups in total. The molecule has 0 aliphatic carbocycles. The highest BCUT2D eigenvalue weighted by atomic mass is 16.4. The molecule has 1 aliphatic heterocycles. The molecule has 15 heavy (non-hydrogen) atoms. The van der Waals surface area contributed by atoms with E-state index in [1.54, 1.807) is 6.92 Å². The lowest BCUT2D eigenvalue weighted by Crippen LogP contribution is -2.48. The Kier molecular flexibility index (Phi) is 3.65. The Balaban J connectivity index is 2.75. The van der Waals surface area contributed by atoms with Gasteiger partial charge in [0.05, 0.1) is 12.1 Å². The number of aliphatic carboxylic acids is 1. The summed E-state index contributed by atoms with van der Waals surface area (Å²) in [5.41, 5.74) is 5.54. The van der Waals surface area contributed by atoms with E-state index >= 15 is 0 Å². The van der Waals surface area contributed by atoms with E-state index in [9.17, 15) is 14.7 Å². The molecule has 1 aliphatic rings. The van der Waals surface area contributed by atoms with Crippen LogP contribution in [0.3, 0.4) is 0 Å². The van der Waals surface area contributed by atoms with Crippen LogP contribution in [0.15, 0.2) is 0 Å². The van der Waals surface area contributed by atoms with E-state index in [0.717, 1.165) is 4.90 Å². The van der Waals surface area contributed by atoms with Crippen molar-refractivity contribution < 1.29 is 19.8 Å². The molecule has 0 spiro atoms. The van der Waals surface area contributed by atoms with Gasteiger partial charge >= 0.3 is 5.97 Å². The summed E-state index contributed by atoms with van der Waals surface area (Å²) < 4.78 is 0. The fourth-order valence-electron chi connectivity index (χ4n) is 1.68. The molecule has 6 nitrogen and oxygen atoms in total. The Morgan fingerprint density at radius 3 is 2.67 bits per heavy atom. The SMILES string of the molecule is CCC(N)C(=O)N1CC(O)C[C@H]1C(=O)O. The van der Waals surface area contributed by atoms with Gasteiger partial charge in [-0.1, -0.05) is 6.92 Å². The molecular formula is C9H16N2O4. The van der Waals surface area contributed by atoms with E-state index in [1.807, 2.05) is 0 Å². The van der Waals surface area contributed by atoms with Gasteiger partial charge in [0.15, 0.2) is 0 Å². The second-order valence-corrected chi connectivity index (χ2v) is 3.75. The number of aliphatic hydroxyl groups is 1. The zero-order valence-electron chi connectivity index (χ0n) is 8.59. The van der Waals surface area contributed by atoms with Gasteiger partial charge in [-0.15, -0.1) is 0 Å². The Bertz CT molecular complexity index is 269.